The SMILES string of the molecule is CCCCOC(=O)C(C(=O)OCCCC)[C@@]1(c2ccc(CNC(=O)OC(C)(C)C)cc2)CC[C@@]2(C)[C@H](C[C@@H](OC=O)[C@@H]3[C@@H]2C[C@H](OC=O)[C@]2(C)[C@@H]([C@H](C)C(O)CO)CC[C@@H]32)C1. The molecule has 0 aliphatic heterocycles. The summed E-state index contributed by atoms with van der Waals surface area (Å²) in [6.45, 7) is 17.0. The number of rotatable bonds is 19. The van der Waals surface area contributed by atoms with Gasteiger partial charge in [0, 0.05) is 23.3 Å². The van der Waals surface area contributed by atoms with Gasteiger partial charge in [-0.05, 0) is 125 Å². The molecule has 1 aromatic rings. The summed E-state index contributed by atoms with van der Waals surface area (Å²) in [6.07, 6.45) is 4.54. The van der Waals surface area contributed by atoms with E-state index < -0.39 is 58.7 Å². The molecule has 0 saturated heterocycles. The van der Waals surface area contributed by atoms with Crippen LogP contribution in [0.15, 0.2) is 24.3 Å². The Hall–Kier alpha value is -3.71. The van der Waals surface area contributed by atoms with Crippen LogP contribution in [0.5, 0.6) is 0 Å². The number of aliphatic hydroxyl groups excluding tert-OH is 2. The van der Waals surface area contributed by atoms with Gasteiger partial charge in [0.1, 0.15) is 17.8 Å². The number of hydrogen-bond donors (Lipinski definition) is 3. The van der Waals surface area contributed by atoms with E-state index in [0.29, 0.717) is 57.9 Å². The highest BCUT2D eigenvalue weighted by atomic mass is 16.6. The first kappa shape index (κ1) is 48.3. The molecular weight excluding hydrogens is 783 g/mol. The molecule has 13 nitrogen and oxygen atoms in total. The number of nitrogens with one attached hydrogen (secondary N) is 1. The predicted molar refractivity (Wildman–Crippen MR) is 227 cm³/mol. The number of amides is 1. The minimum atomic E-state index is -1.27. The van der Waals surface area contributed by atoms with E-state index in [0.717, 1.165) is 36.8 Å². The first-order valence-corrected chi connectivity index (χ1v) is 22.8. The lowest BCUT2D eigenvalue weighted by molar-refractivity contribution is -0.220. The number of esters is 2. The van der Waals surface area contributed by atoms with Crippen LogP contribution < -0.4 is 5.32 Å². The summed E-state index contributed by atoms with van der Waals surface area (Å²) in [6, 6.07) is 7.67. The van der Waals surface area contributed by atoms with Crippen molar-refractivity contribution in [3.63, 3.8) is 0 Å². The number of unbranched alkanes of at least 4 members (excludes halogenated alkanes) is 2. The standard InChI is InChI=1S/C48H73NO12/c1-9-11-21-57-42(54)41(43(55)58-22-12-10-2)48(32-15-13-31(14-16-32)26-49-44(56)61-45(4,5)6)20-19-46(7)33(25-48)23-38(59-28-51)40-35-18-17-34(30(3)37(53)27-50)47(35,8)39(60-29-52)24-36(40)46/h13-16,28-30,33-41,50,53H,9-12,17-27H2,1-8H3,(H,49,56)/t30-,33+,34+,35-,36-,37?,38+,39-,40-,46-,47+,48-/m0/s1. The third-order valence-corrected chi connectivity index (χ3v) is 15.7. The third kappa shape index (κ3) is 9.93. The fourth-order valence-corrected chi connectivity index (χ4v) is 12.5. The molecule has 0 bridgehead atoms. The van der Waals surface area contributed by atoms with Crippen LogP contribution in [0, 0.1) is 52.3 Å². The number of fused-ring (bicyclic) bond motifs is 5. The summed E-state index contributed by atoms with van der Waals surface area (Å²) in [5.41, 5.74) is -1.03. The molecule has 0 heterocycles. The Morgan fingerprint density at radius 3 is 2.08 bits per heavy atom. The molecule has 1 unspecified atom stereocenters. The van der Waals surface area contributed by atoms with Crippen molar-refractivity contribution >= 4 is 31.0 Å². The minimum absolute atomic E-state index is 0.000575. The average Bonchev–Trinajstić information content (AvgIpc) is 3.58. The smallest absolute Gasteiger partial charge is 0.407 e. The molecule has 0 aromatic heterocycles. The van der Waals surface area contributed by atoms with Gasteiger partial charge in [0.2, 0.25) is 0 Å². The normalized spacial score (nSPS) is 32.9. The Labute approximate surface area is 362 Å². The maximum atomic E-state index is 14.5. The van der Waals surface area contributed by atoms with Gasteiger partial charge < -0.3 is 39.2 Å². The van der Waals surface area contributed by atoms with Gasteiger partial charge in [-0.2, -0.15) is 0 Å². The van der Waals surface area contributed by atoms with E-state index in [1.54, 1.807) is 20.8 Å². The van der Waals surface area contributed by atoms with Crippen LogP contribution in [0.3, 0.4) is 0 Å². The fourth-order valence-electron chi connectivity index (χ4n) is 12.5. The fraction of sp³-hybridized carbons (Fsp3) is 0.771. The van der Waals surface area contributed by atoms with E-state index in [-0.39, 0.29) is 67.3 Å². The summed E-state index contributed by atoms with van der Waals surface area (Å²) in [7, 11) is 0. The van der Waals surface area contributed by atoms with Crippen molar-refractivity contribution in [2.24, 2.45) is 52.3 Å². The van der Waals surface area contributed by atoms with Crippen LogP contribution in [0.4, 0.5) is 4.79 Å². The van der Waals surface area contributed by atoms with Crippen molar-refractivity contribution in [3.05, 3.63) is 35.4 Å². The molecular formula is C48H73NO12. The number of ether oxygens (including phenoxy) is 5. The van der Waals surface area contributed by atoms with Crippen molar-refractivity contribution in [1.82, 2.24) is 5.32 Å². The topological polar surface area (TPSA) is 184 Å². The molecule has 3 N–H and O–H groups in total. The van der Waals surface area contributed by atoms with Gasteiger partial charge in [0.05, 0.1) is 25.9 Å². The van der Waals surface area contributed by atoms with Gasteiger partial charge in [-0.15, -0.1) is 0 Å². The molecule has 1 amide bonds. The van der Waals surface area contributed by atoms with Crippen molar-refractivity contribution in [3.8, 4) is 0 Å². The lowest BCUT2D eigenvalue weighted by Crippen LogP contribution is -2.64. The molecule has 5 rings (SSSR count). The predicted octanol–water partition coefficient (Wildman–Crippen LogP) is 7.20. The summed E-state index contributed by atoms with van der Waals surface area (Å²) < 4.78 is 29.4. The zero-order chi connectivity index (χ0) is 44.8. The van der Waals surface area contributed by atoms with E-state index in [1.165, 1.54) is 0 Å². The second kappa shape index (κ2) is 20.2. The maximum Gasteiger partial charge on any atom is 0.407 e. The van der Waals surface area contributed by atoms with Crippen molar-refractivity contribution in [1.29, 1.82) is 0 Å². The summed E-state index contributed by atoms with van der Waals surface area (Å²) in [4.78, 5) is 66.1. The van der Waals surface area contributed by atoms with Gasteiger partial charge in [-0.3, -0.25) is 19.2 Å². The Morgan fingerprint density at radius 2 is 1.52 bits per heavy atom. The number of aliphatic hydroxyl groups is 2. The Bertz CT molecular complexity index is 1640. The minimum Gasteiger partial charge on any atom is -0.465 e. The first-order chi connectivity index (χ1) is 28.9. The second-order valence-electron chi connectivity index (χ2n) is 20.0. The van der Waals surface area contributed by atoms with Crippen molar-refractivity contribution in [2.45, 2.75) is 162 Å². The number of benzene rings is 1. The molecule has 4 aliphatic carbocycles. The maximum absolute atomic E-state index is 14.5. The van der Waals surface area contributed by atoms with E-state index in [2.05, 4.69) is 19.2 Å². The van der Waals surface area contributed by atoms with Gasteiger partial charge in [0.15, 0.2) is 5.92 Å². The van der Waals surface area contributed by atoms with E-state index in [1.807, 2.05) is 45.0 Å². The molecule has 1 aromatic carbocycles. The molecule has 0 spiro atoms. The molecule has 61 heavy (non-hydrogen) atoms. The highest BCUT2D eigenvalue weighted by molar-refractivity contribution is 5.97. The first-order valence-electron chi connectivity index (χ1n) is 22.8. The van der Waals surface area contributed by atoms with Crippen LogP contribution in [0.25, 0.3) is 0 Å². The molecule has 12 atom stereocenters. The van der Waals surface area contributed by atoms with Gasteiger partial charge in [-0.25, -0.2) is 4.79 Å². The number of carbonyl (C=O) groups is 5. The number of alkyl carbamates (subject to hydrolysis) is 1. The average molecular weight is 856 g/mol. The van der Waals surface area contributed by atoms with E-state index in [9.17, 15) is 34.2 Å². The lowest BCUT2D eigenvalue weighted by Gasteiger charge is -2.65. The largest absolute Gasteiger partial charge is 0.465 e. The zero-order valence-electron chi connectivity index (χ0n) is 37.8. The highest BCUT2D eigenvalue weighted by Gasteiger charge is 2.69. The Morgan fingerprint density at radius 1 is 0.902 bits per heavy atom. The molecule has 342 valence electrons. The monoisotopic (exact) mass is 856 g/mol. The molecule has 4 aliphatic rings. The molecule has 0 radical (unpaired) electrons. The van der Waals surface area contributed by atoms with Gasteiger partial charge in [0.25, 0.3) is 12.9 Å². The van der Waals surface area contributed by atoms with Crippen molar-refractivity contribution < 1.29 is 57.9 Å². The third-order valence-electron chi connectivity index (χ3n) is 15.7. The zero-order valence-corrected chi connectivity index (χ0v) is 37.8. The van der Waals surface area contributed by atoms with Crippen LogP contribution in [-0.2, 0) is 54.8 Å². The van der Waals surface area contributed by atoms with Gasteiger partial charge in [-0.1, -0.05) is 71.7 Å². The van der Waals surface area contributed by atoms with Gasteiger partial charge >= 0.3 is 18.0 Å². The van der Waals surface area contributed by atoms with Crippen LogP contribution in [0.2, 0.25) is 0 Å². The van der Waals surface area contributed by atoms with Crippen LogP contribution in [0.1, 0.15) is 137 Å². The summed E-state index contributed by atoms with van der Waals surface area (Å²) in [5.74, 6) is -3.05. The Kier molecular flexibility index (Phi) is 16.0. The summed E-state index contributed by atoms with van der Waals surface area (Å²) >= 11 is 0. The second-order valence-corrected chi connectivity index (χ2v) is 20.0. The van der Waals surface area contributed by atoms with E-state index in [4.69, 9.17) is 23.7 Å². The molecule has 4 saturated carbocycles. The van der Waals surface area contributed by atoms with E-state index >= 15 is 0 Å². The van der Waals surface area contributed by atoms with Crippen molar-refractivity contribution in [2.75, 3.05) is 19.8 Å². The number of hydrogen-bond acceptors (Lipinski definition) is 12. The Balaban J connectivity index is 1.58. The lowest BCUT2D eigenvalue weighted by atomic mass is 9.40. The molecule has 4 fully saturated rings. The van der Waals surface area contributed by atoms with Crippen LogP contribution in [-0.4, -0.2) is 84.9 Å². The summed E-state index contributed by atoms with van der Waals surface area (Å²) in [5, 5.41) is 23.6. The highest BCUT2D eigenvalue weighted by Crippen LogP contribution is 2.71. The quantitative estimate of drug-likeness (QED) is 0.0419. The number of carbonyl (C=O) groups excluding carboxylic acids is 5. The van der Waals surface area contributed by atoms with Crippen LogP contribution >= 0.6 is 0 Å². The molecule has 13 heteroatoms.